The van der Waals surface area contributed by atoms with E-state index in [0.717, 1.165) is 63.6 Å². The molecule has 0 spiro atoms. The molecule has 2 heterocycles. The van der Waals surface area contributed by atoms with E-state index in [0.29, 0.717) is 6.42 Å². The molecule has 6 nitrogen and oxygen atoms in total. The summed E-state index contributed by atoms with van der Waals surface area (Å²) in [6.45, 7) is 2.11. The van der Waals surface area contributed by atoms with Gasteiger partial charge >= 0.3 is 0 Å². The number of rotatable bonds is 7. The third-order valence-corrected chi connectivity index (χ3v) is 6.30. The van der Waals surface area contributed by atoms with Crippen molar-refractivity contribution < 1.29 is 9.53 Å². The molecule has 0 fully saturated rings. The van der Waals surface area contributed by atoms with Crippen LogP contribution in [0, 0.1) is 0 Å². The van der Waals surface area contributed by atoms with Gasteiger partial charge in [-0.2, -0.15) is 0 Å². The van der Waals surface area contributed by atoms with Gasteiger partial charge in [0, 0.05) is 41.1 Å². The number of ketones is 1. The molecule has 5 rings (SSSR count). The first-order valence-corrected chi connectivity index (χ1v) is 11.6. The van der Waals surface area contributed by atoms with Crippen LogP contribution in [0.15, 0.2) is 67.0 Å². The number of benzene rings is 2. The molecule has 0 amide bonds. The minimum atomic E-state index is 0.0334. The van der Waals surface area contributed by atoms with Crippen molar-refractivity contribution in [1.29, 1.82) is 0 Å². The summed E-state index contributed by atoms with van der Waals surface area (Å²) in [4.78, 5) is 26.8. The summed E-state index contributed by atoms with van der Waals surface area (Å²) in [5.74, 6) is 1.83. The Kier molecular flexibility index (Phi) is 5.99. The van der Waals surface area contributed by atoms with Gasteiger partial charge in [0.15, 0.2) is 12.0 Å². The first-order chi connectivity index (χ1) is 16.5. The van der Waals surface area contributed by atoms with Gasteiger partial charge in [0.05, 0.1) is 11.4 Å². The maximum Gasteiger partial charge on any atom is 0.163 e. The van der Waals surface area contributed by atoms with Crippen LogP contribution >= 0.6 is 0 Å². The van der Waals surface area contributed by atoms with E-state index in [1.54, 1.807) is 12.4 Å². The molecule has 0 saturated carbocycles. The third-order valence-electron chi connectivity index (χ3n) is 6.30. The van der Waals surface area contributed by atoms with Crippen LogP contribution in [0.3, 0.4) is 0 Å². The Bertz CT molecular complexity index is 1310. The Morgan fingerprint density at radius 1 is 0.971 bits per heavy atom. The molecule has 1 aliphatic rings. The van der Waals surface area contributed by atoms with Gasteiger partial charge in [-0.1, -0.05) is 19.1 Å². The van der Waals surface area contributed by atoms with E-state index in [1.165, 1.54) is 0 Å². The molecule has 0 saturated heterocycles. The lowest BCUT2D eigenvalue weighted by Crippen LogP contribution is -2.32. The van der Waals surface area contributed by atoms with Crippen molar-refractivity contribution in [3.8, 4) is 39.7 Å². The number of carbonyl (C=O) groups is 1. The number of pyridine rings is 1. The number of imidazole rings is 1. The summed E-state index contributed by atoms with van der Waals surface area (Å²) in [5.41, 5.74) is 6.71. The van der Waals surface area contributed by atoms with Crippen LogP contribution in [0.1, 0.15) is 35.7 Å². The molecule has 2 aromatic carbocycles. The maximum absolute atomic E-state index is 12.1. The molecule has 0 radical (unpaired) electrons. The molecule has 0 bridgehead atoms. The molecule has 0 aliphatic heterocycles. The minimum Gasteiger partial charge on any atom is -0.475 e. The first-order valence-electron chi connectivity index (χ1n) is 11.6. The van der Waals surface area contributed by atoms with E-state index in [-0.39, 0.29) is 12.0 Å². The Balaban J connectivity index is 1.52. The lowest BCUT2D eigenvalue weighted by atomic mass is 10.0. The SMILES string of the molecule is CCC(Oc1ccc(-c2nc(-c3ccc4c(c3)CCC4=O)c(-c3ccncc3)[nH]2)cc1)N(C)C. The fourth-order valence-corrected chi connectivity index (χ4v) is 4.45. The van der Waals surface area contributed by atoms with Crippen molar-refractivity contribution in [1.82, 2.24) is 19.9 Å². The number of aryl methyl sites for hydroxylation is 1. The summed E-state index contributed by atoms with van der Waals surface area (Å²) in [6.07, 6.45) is 5.87. The van der Waals surface area contributed by atoms with Crippen LogP contribution in [-0.2, 0) is 6.42 Å². The topological polar surface area (TPSA) is 71.1 Å². The normalized spacial score (nSPS) is 13.8. The number of carbonyl (C=O) groups excluding carboxylic acids is 1. The number of hydrogen-bond acceptors (Lipinski definition) is 5. The Morgan fingerprint density at radius 3 is 2.41 bits per heavy atom. The van der Waals surface area contributed by atoms with Crippen molar-refractivity contribution in [2.24, 2.45) is 0 Å². The Morgan fingerprint density at radius 2 is 1.71 bits per heavy atom. The highest BCUT2D eigenvalue weighted by Crippen LogP contribution is 2.35. The van der Waals surface area contributed by atoms with Crippen molar-refractivity contribution in [2.75, 3.05) is 14.1 Å². The summed E-state index contributed by atoms with van der Waals surface area (Å²) in [5, 5.41) is 0. The molecule has 34 heavy (non-hydrogen) atoms. The van der Waals surface area contributed by atoms with Crippen molar-refractivity contribution in [3.05, 3.63) is 78.1 Å². The highest BCUT2D eigenvalue weighted by molar-refractivity contribution is 6.01. The molecule has 1 N–H and O–H groups in total. The fourth-order valence-electron chi connectivity index (χ4n) is 4.45. The molecule has 1 aliphatic carbocycles. The molecule has 4 aromatic rings. The van der Waals surface area contributed by atoms with E-state index in [9.17, 15) is 4.79 Å². The van der Waals surface area contributed by atoms with E-state index in [2.05, 4.69) is 27.9 Å². The van der Waals surface area contributed by atoms with Crippen LogP contribution in [-0.4, -0.2) is 46.0 Å². The third kappa shape index (κ3) is 4.24. The van der Waals surface area contributed by atoms with Gasteiger partial charge in [-0.15, -0.1) is 0 Å². The van der Waals surface area contributed by atoms with E-state index in [1.807, 2.05) is 62.6 Å². The van der Waals surface area contributed by atoms with Crippen LogP contribution in [0.25, 0.3) is 33.9 Å². The number of H-pyrrole nitrogens is 1. The molecule has 172 valence electrons. The molecule has 1 unspecified atom stereocenters. The summed E-state index contributed by atoms with van der Waals surface area (Å²) >= 11 is 0. The van der Waals surface area contributed by atoms with Crippen molar-refractivity contribution >= 4 is 5.78 Å². The Hall–Kier alpha value is -3.77. The molecule has 6 heteroatoms. The van der Waals surface area contributed by atoms with Gasteiger partial charge in [-0.25, -0.2) is 4.98 Å². The molecule has 1 atom stereocenters. The second kappa shape index (κ2) is 9.23. The predicted octanol–water partition coefficient (Wildman–Crippen LogP) is 5.61. The first kappa shape index (κ1) is 22.0. The zero-order valence-electron chi connectivity index (χ0n) is 19.7. The zero-order valence-corrected chi connectivity index (χ0v) is 19.7. The second-order valence-corrected chi connectivity index (χ2v) is 8.81. The second-order valence-electron chi connectivity index (χ2n) is 8.81. The van der Waals surface area contributed by atoms with Crippen LogP contribution < -0.4 is 4.74 Å². The standard InChI is InChI=1S/C28H28N4O2/c1-4-25(32(2)3)34-22-9-5-19(6-10-22)28-30-26(18-13-15-29-16-14-18)27(31-28)21-7-11-23-20(17-21)8-12-24(23)33/h5-7,9-11,13-17,25H,4,8,12H2,1-3H3,(H,30,31). The number of nitrogens with one attached hydrogen (secondary N) is 1. The van der Waals surface area contributed by atoms with Gasteiger partial charge in [0.25, 0.3) is 0 Å². The average molecular weight is 453 g/mol. The largest absolute Gasteiger partial charge is 0.475 e. The molecular weight excluding hydrogens is 424 g/mol. The van der Waals surface area contributed by atoms with Crippen molar-refractivity contribution in [2.45, 2.75) is 32.4 Å². The number of aromatic nitrogens is 3. The predicted molar refractivity (Wildman–Crippen MR) is 134 cm³/mol. The number of nitrogens with zero attached hydrogens (tertiary/aromatic N) is 3. The van der Waals surface area contributed by atoms with Crippen LogP contribution in [0.5, 0.6) is 5.75 Å². The number of Topliss-reactive ketones (excluding diaryl/α,β-unsaturated/α-hetero) is 1. The molecule has 2 aromatic heterocycles. The van der Waals surface area contributed by atoms with Gasteiger partial charge in [-0.3, -0.25) is 14.7 Å². The van der Waals surface area contributed by atoms with E-state index >= 15 is 0 Å². The number of hydrogen-bond donors (Lipinski definition) is 1. The summed E-state index contributed by atoms with van der Waals surface area (Å²) in [6, 6.07) is 18.0. The maximum atomic E-state index is 12.1. The van der Waals surface area contributed by atoms with Gasteiger partial charge in [0.2, 0.25) is 0 Å². The number of fused-ring (bicyclic) bond motifs is 1. The monoisotopic (exact) mass is 452 g/mol. The average Bonchev–Trinajstić information content (AvgIpc) is 3.47. The highest BCUT2D eigenvalue weighted by Gasteiger charge is 2.22. The lowest BCUT2D eigenvalue weighted by Gasteiger charge is -2.24. The van der Waals surface area contributed by atoms with Gasteiger partial charge in [0.1, 0.15) is 11.6 Å². The fraction of sp³-hybridized carbons (Fsp3) is 0.250. The lowest BCUT2D eigenvalue weighted by molar-refractivity contribution is 0.0612. The van der Waals surface area contributed by atoms with Crippen molar-refractivity contribution in [3.63, 3.8) is 0 Å². The number of aromatic amines is 1. The quantitative estimate of drug-likeness (QED) is 0.369. The zero-order chi connectivity index (χ0) is 23.7. The summed E-state index contributed by atoms with van der Waals surface area (Å²) in [7, 11) is 4.03. The highest BCUT2D eigenvalue weighted by atomic mass is 16.5. The molecular formula is C28H28N4O2. The van der Waals surface area contributed by atoms with E-state index < -0.39 is 0 Å². The van der Waals surface area contributed by atoms with Gasteiger partial charge in [-0.05, 0) is 75.0 Å². The number of ether oxygens (including phenoxy) is 1. The smallest absolute Gasteiger partial charge is 0.163 e. The summed E-state index contributed by atoms with van der Waals surface area (Å²) < 4.78 is 6.10. The van der Waals surface area contributed by atoms with Gasteiger partial charge < -0.3 is 9.72 Å². The van der Waals surface area contributed by atoms with Crippen LogP contribution in [0.4, 0.5) is 0 Å². The minimum absolute atomic E-state index is 0.0334. The Labute approximate surface area is 199 Å². The van der Waals surface area contributed by atoms with E-state index in [4.69, 9.17) is 9.72 Å². The van der Waals surface area contributed by atoms with Crippen LogP contribution in [0.2, 0.25) is 0 Å².